The second kappa shape index (κ2) is 8.29. The van der Waals surface area contributed by atoms with E-state index >= 15 is 0 Å². The molecule has 1 heterocycles. The van der Waals surface area contributed by atoms with E-state index in [1.54, 1.807) is 13.2 Å². The summed E-state index contributed by atoms with van der Waals surface area (Å²) < 4.78 is 19.3. The van der Waals surface area contributed by atoms with Crippen molar-refractivity contribution in [1.29, 1.82) is 0 Å². The van der Waals surface area contributed by atoms with Crippen LogP contribution in [0.2, 0.25) is 5.15 Å². The number of alkyl halides is 1. The standard InChI is InChI=1S/C17H25ClFN3O3/c1-17(2,24)14(19)9-21-16(23)10-8-20-15(18)7-12(10)22-11-5-4-6-13(11)25-3/h7-8,11,13-14,24H,4-6,9H2,1-3H3,(H,20,22)(H,21,23)/t11-,13-,14-/m1/s1. The summed E-state index contributed by atoms with van der Waals surface area (Å²) in [7, 11) is 1.66. The number of carbonyl (C=O) groups excluding carboxylic acids is 1. The minimum absolute atomic E-state index is 0.0632. The summed E-state index contributed by atoms with van der Waals surface area (Å²) in [5.74, 6) is -0.481. The van der Waals surface area contributed by atoms with Crippen molar-refractivity contribution < 1.29 is 19.0 Å². The molecule has 25 heavy (non-hydrogen) atoms. The van der Waals surface area contributed by atoms with Crippen LogP contribution in [0.1, 0.15) is 43.5 Å². The van der Waals surface area contributed by atoms with Crippen molar-refractivity contribution in [2.45, 2.75) is 57.0 Å². The average molecular weight is 374 g/mol. The molecule has 0 bridgehead atoms. The number of aromatic nitrogens is 1. The van der Waals surface area contributed by atoms with Gasteiger partial charge in [0.1, 0.15) is 11.3 Å². The van der Waals surface area contributed by atoms with Gasteiger partial charge in [-0.2, -0.15) is 0 Å². The van der Waals surface area contributed by atoms with Crippen molar-refractivity contribution in [3.8, 4) is 0 Å². The lowest BCUT2D eigenvalue weighted by Crippen LogP contribution is -2.42. The van der Waals surface area contributed by atoms with Gasteiger partial charge < -0.3 is 20.5 Å². The molecular weight excluding hydrogens is 349 g/mol. The van der Waals surface area contributed by atoms with E-state index in [9.17, 15) is 14.3 Å². The van der Waals surface area contributed by atoms with Crippen LogP contribution < -0.4 is 10.6 Å². The third-order valence-corrected chi connectivity index (χ3v) is 4.63. The lowest BCUT2D eigenvalue weighted by atomic mass is 10.0. The normalized spacial score (nSPS) is 21.8. The van der Waals surface area contributed by atoms with Gasteiger partial charge in [-0.1, -0.05) is 11.6 Å². The fourth-order valence-electron chi connectivity index (χ4n) is 2.83. The molecule has 1 fully saturated rings. The number of ether oxygens (including phenoxy) is 1. The van der Waals surface area contributed by atoms with Crippen LogP contribution >= 0.6 is 11.6 Å². The predicted octanol–water partition coefficient (Wildman–Crippen LogP) is 2.55. The third kappa shape index (κ3) is 5.26. The maximum atomic E-state index is 13.8. The first-order chi connectivity index (χ1) is 11.7. The SMILES string of the molecule is CO[C@@H]1CCC[C@H]1Nc1cc(Cl)ncc1C(=O)NC[C@@H](F)C(C)(C)O. The van der Waals surface area contributed by atoms with Crippen molar-refractivity contribution in [2.24, 2.45) is 0 Å². The molecule has 6 nitrogen and oxygen atoms in total. The number of methoxy groups -OCH3 is 1. The van der Waals surface area contributed by atoms with Crippen LogP contribution in [0.4, 0.5) is 10.1 Å². The van der Waals surface area contributed by atoms with Crippen molar-refractivity contribution >= 4 is 23.2 Å². The maximum Gasteiger partial charge on any atom is 0.255 e. The zero-order valence-corrected chi connectivity index (χ0v) is 15.4. The number of pyridine rings is 1. The molecule has 1 aromatic rings. The fraction of sp³-hybridized carbons (Fsp3) is 0.647. The highest BCUT2D eigenvalue weighted by Gasteiger charge is 2.29. The van der Waals surface area contributed by atoms with Gasteiger partial charge in [0.2, 0.25) is 0 Å². The highest BCUT2D eigenvalue weighted by molar-refractivity contribution is 6.29. The maximum absolute atomic E-state index is 13.8. The molecule has 0 unspecified atom stereocenters. The molecule has 0 saturated heterocycles. The Morgan fingerprint density at radius 3 is 2.92 bits per heavy atom. The van der Waals surface area contributed by atoms with Gasteiger partial charge in [-0.05, 0) is 39.2 Å². The Morgan fingerprint density at radius 1 is 1.56 bits per heavy atom. The lowest BCUT2D eigenvalue weighted by molar-refractivity contribution is -0.00177. The second-order valence-electron chi connectivity index (χ2n) is 6.84. The molecule has 1 amide bonds. The molecule has 140 valence electrons. The van der Waals surface area contributed by atoms with Gasteiger partial charge in [0.15, 0.2) is 0 Å². The fourth-order valence-corrected chi connectivity index (χ4v) is 2.99. The van der Waals surface area contributed by atoms with E-state index in [1.165, 1.54) is 20.0 Å². The summed E-state index contributed by atoms with van der Waals surface area (Å²) >= 11 is 5.96. The number of amides is 1. The lowest BCUT2D eigenvalue weighted by Gasteiger charge is -2.24. The molecule has 1 aliphatic rings. The molecule has 1 saturated carbocycles. The van der Waals surface area contributed by atoms with Crippen LogP contribution in [-0.4, -0.2) is 53.6 Å². The molecule has 1 aromatic heterocycles. The number of nitrogens with one attached hydrogen (secondary N) is 2. The summed E-state index contributed by atoms with van der Waals surface area (Å²) in [6.45, 7) is 2.41. The Morgan fingerprint density at radius 2 is 2.28 bits per heavy atom. The number of aliphatic hydroxyl groups is 1. The average Bonchev–Trinajstić information content (AvgIpc) is 2.98. The first kappa shape index (κ1) is 19.9. The minimum Gasteiger partial charge on any atom is -0.387 e. The van der Waals surface area contributed by atoms with E-state index < -0.39 is 17.7 Å². The topological polar surface area (TPSA) is 83.5 Å². The highest BCUT2D eigenvalue weighted by atomic mass is 35.5. The van der Waals surface area contributed by atoms with E-state index in [-0.39, 0.29) is 29.4 Å². The summed E-state index contributed by atoms with van der Waals surface area (Å²) in [6, 6.07) is 1.64. The van der Waals surface area contributed by atoms with Gasteiger partial charge in [0.05, 0.1) is 35.5 Å². The Labute approximate surface area is 152 Å². The molecule has 0 aromatic carbocycles. The largest absolute Gasteiger partial charge is 0.387 e. The molecule has 0 aliphatic heterocycles. The molecule has 0 radical (unpaired) electrons. The zero-order chi connectivity index (χ0) is 18.6. The first-order valence-electron chi connectivity index (χ1n) is 8.32. The Kier molecular flexibility index (Phi) is 6.59. The molecule has 0 spiro atoms. The number of carbonyl (C=O) groups is 1. The van der Waals surface area contributed by atoms with Crippen LogP contribution in [0.15, 0.2) is 12.3 Å². The molecular formula is C17H25ClFN3O3. The van der Waals surface area contributed by atoms with Gasteiger partial charge in [-0.25, -0.2) is 9.37 Å². The number of anilines is 1. The Balaban J connectivity index is 2.11. The number of rotatable bonds is 7. The smallest absolute Gasteiger partial charge is 0.255 e. The van der Waals surface area contributed by atoms with Crippen molar-refractivity contribution in [3.63, 3.8) is 0 Å². The number of hydrogen-bond acceptors (Lipinski definition) is 5. The van der Waals surface area contributed by atoms with Gasteiger partial charge >= 0.3 is 0 Å². The van der Waals surface area contributed by atoms with Crippen LogP contribution in [-0.2, 0) is 4.74 Å². The third-order valence-electron chi connectivity index (χ3n) is 4.42. The summed E-state index contributed by atoms with van der Waals surface area (Å²) in [6.07, 6.45) is 2.74. The van der Waals surface area contributed by atoms with Gasteiger partial charge in [0.25, 0.3) is 5.91 Å². The molecule has 3 N–H and O–H groups in total. The van der Waals surface area contributed by atoms with E-state index in [1.807, 2.05) is 0 Å². The molecule has 3 atom stereocenters. The molecule has 1 aliphatic carbocycles. The zero-order valence-electron chi connectivity index (χ0n) is 14.7. The van der Waals surface area contributed by atoms with Crippen LogP contribution in [0.3, 0.4) is 0 Å². The Bertz CT molecular complexity index is 609. The van der Waals surface area contributed by atoms with Gasteiger partial charge in [-0.15, -0.1) is 0 Å². The monoisotopic (exact) mass is 373 g/mol. The van der Waals surface area contributed by atoms with Crippen LogP contribution in [0, 0.1) is 0 Å². The van der Waals surface area contributed by atoms with E-state index in [0.717, 1.165) is 19.3 Å². The molecule has 8 heteroatoms. The minimum atomic E-state index is -1.58. The summed E-state index contributed by atoms with van der Waals surface area (Å²) in [5, 5.41) is 15.7. The van der Waals surface area contributed by atoms with Crippen LogP contribution in [0.5, 0.6) is 0 Å². The highest BCUT2D eigenvalue weighted by Crippen LogP contribution is 2.27. The van der Waals surface area contributed by atoms with Crippen molar-refractivity contribution in [2.75, 3.05) is 19.0 Å². The second-order valence-corrected chi connectivity index (χ2v) is 7.23. The van der Waals surface area contributed by atoms with E-state index in [0.29, 0.717) is 5.69 Å². The van der Waals surface area contributed by atoms with Gasteiger partial charge in [0, 0.05) is 13.3 Å². The number of nitrogens with zero attached hydrogens (tertiary/aromatic N) is 1. The predicted molar refractivity (Wildman–Crippen MR) is 94.8 cm³/mol. The van der Waals surface area contributed by atoms with E-state index in [2.05, 4.69) is 15.6 Å². The summed E-state index contributed by atoms with van der Waals surface area (Å²) in [4.78, 5) is 16.4. The van der Waals surface area contributed by atoms with E-state index in [4.69, 9.17) is 16.3 Å². The number of halogens is 2. The Hall–Kier alpha value is -1.44. The number of hydrogen-bond donors (Lipinski definition) is 3. The van der Waals surface area contributed by atoms with Crippen molar-refractivity contribution in [1.82, 2.24) is 10.3 Å². The van der Waals surface area contributed by atoms with Crippen molar-refractivity contribution in [3.05, 3.63) is 23.0 Å². The summed E-state index contributed by atoms with van der Waals surface area (Å²) in [5.41, 5.74) is -0.721. The first-order valence-corrected chi connectivity index (χ1v) is 8.69. The van der Waals surface area contributed by atoms with Gasteiger partial charge in [-0.3, -0.25) is 4.79 Å². The quantitative estimate of drug-likeness (QED) is 0.640. The molecule has 2 rings (SSSR count). The van der Waals surface area contributed by atoms with Crippen LogP contribution in [0.25, 0.3) is 0 Å².